The van der Waals surface area contributed by atoms with Gasteiger partial charge in [0.1, 0.15) is 0 Å². The predicted molar refractivity (Wildman–Crippen MR) is 40.6 cm³/mol. The van der Waals surface area contributed by atoms with Gasteiger partial charge in [0, 0.05) is 5.92 Å². The molecule has 1 aliphatic heterocycles. The molecule has 6 nitrogen and oxygen atoms in total. The minimum Gasteiger partial charge on any atom is -0.366 e. The zero-order chi connectivity index (χ0) is 9.35. The zero-order valence-electron chi connectivity index (χ0n) is 6.92. The van der Waals surface area contributed by atoms with Crippen molar-refractivity contribution in [3.63, 3.8) is 0 Å². The van der Waals surface area contributed by atoms with E-state index in [0.29, 0.717) is 0 Å². The van der Waals surface area contributed by atoms with Crippen molar-refractivity contribution >= 4 is 11.9 Å². The van der Waals surface area contributed by atoms with E-state index in [0.717, 1.165) is 0 Å². The SMILES string of the molecule is CC(C)C1(C(N)=O)[N]C(=O)NN1. The fraction of sp³-hybridized carbons (Fsp3) is 0.667. The van der Waals surface area contributed by atoms with E-state index in [4.69, 9.17) is 5.73 Å². The van der Waals surface area contributed by atoms with Gasteiger partial charge in [0.05, 0.1) is 0 Å². The summed E-state index contributed by atoms with van der Waals surface area (Å²) < 4.78 is 0. The second kappa shape index (κ2) is 2.63. The Morgan fingerprint density at radius 1 is 1.67 bits per heavy atom. The number of rotatable bonds is 2. The van der Waals surface area contributed by atoms with Gasteiger partial charge in [0.25, 0.3) is 5.91 Å². The molecule has 0 aromatic carbocycles. The van der Waals surface area contributed by atoms with E-state index in [1.807, 2.05) is 0 Å². The first-order valence-electron chi connectivity index (χ1n) is 3.59. The lowest BCUT2D eigenvalue weighted by molar-refractivity contribution is -0.126. The summed E-state index contributed by atoms with van der Waals surface area (Å²) in [4.78, 5) is 21.7. The van der Waals surface area contributed by atoms with E-state index in [1.165, 1.54) is 0 Å². The number of nitrogens with zero attached hydrogens (tertiary/aromatic N) is 1. The summed E-state index contributed by atoms with van der Waals surface area (Å²) in [5.41, 5.74) is 8.52. The average Bonchev–Trinajstić information content (AvgIpc) is 2.32. The van der Waals surface area contributed by atoms with Crippen molar-refractivity contribution in [3.05, 3.63) is 0 Å². The maximum atomic E-state index is 11.0. The quantitative estimate of drug-likeness (QED) is 0.479. The number of hydrazine groups is 1. The normalized spacial score (nSPS) is 28.4. The molecule has 1 unspecified atom stereocenters. The fourth-order valence-corrected chi connectivity index (χ4v) is 1.04. The molecule has 0 aliphatic carbocycles. The van der Waals surface area contributed by atoms with Crippen LogP contribution in [0.25, 0.3) is 0 Å². The van der Waals surface area contributed by atoms with Crippen molar-refractivity contribution in [1.82, 2.24) is 16.2 Å². The number of hydrogen-bond acceptors (Lipinski definition) is 3. The van der Waals surface area contributed by atoms with E-state index in [-0.39, 0.29) is 5.92 Å². The third-order valence-electron chi connectivity index (χ3n) is 1.85. The topological polar surface area (TPSA) is 98.3 Å². The molecule has 0 aromatic rings. The van der Waals surface area contributed by atoms with Gasteiger partial charge in [-0.15, -0.1) is 0 Å². The Labute approximate surface area is 69.8 Å². The van der Waals surface area contributed by atoms with Gasteiger partial charge in [-0.1, -0.05) is 13.8 Å². The number of nitrogens with one attached hydrogen (secondary N) is 2. The van der Waals surface area contributed by atoms with Crippen LogP contribution in [0.2, 0.25) is 0 Å². The molecule has 1 atom stereocenters. The Morgan fingerprint density at radius 3 is 2.42 bits per heavy atom. The molecule has 0 saturated carbocycles. The smallest absolute Gasteiger partial charge is 0.353 e. The van der Waals surface area contributed by atoms with Gasteiger partial charge in [0.15, 0.2) is 0 Å². The largest absolute Gasteiger partial charge is 0.366 e. The van der Waals surface area contributed by atoms with Crippen molar-refractivity contribution in [3.8, 4) is 0 Å². The van der Waals surface area contributed by atoms with E-state index in [9.17, 15) is 9.59 Å². The minimum atomic E-state index is -1.28. The Balaban J connectivity index is 2.89. The molecule has 0 bridgehead atoms. The van der Waals surface area contributed by atoms with E-state index in [1.54, 1.807) is 13.8 Å². The highest BCUT2D eigenvalue weighted by molar-refractivity contribution is 5.92. The molecule has 1 heterocycles. The standard InChI is InChI=1S/C6H11N4O2/c1-3(2)6(4(7)11)8-5(12)9-10-6/h3,10H,1-2H3,(H2,7,11)(H,9,12). The second-order valence-electron chi connectivity index (χ2n) is 2.95. The van der Waals surface area contributed by atoms with Crippen LogP contribution in [0.1, 0.15) is 13.8 Å². The lowest BCUT2D eigenvalue weighted by atomic mass is 9.96. The van der Waals surface area contributed by atoms with Crippen molar-refractivity contribution in [1.29, 1.82) is 0 Å². The van der Waals surface area contributed by atoms with Crippen molar-refractivity contribution < 1.29 is 9.59 Å². The molecule has 12 heavy (non-hydrogen) atoms. The maximum Gasteiger partial charge on any atom is 0.353 e. The molecular formula is C6H11N4O2. The van der Waals surface area contributed by atoms with Gasteiger partial charge < -0.3 is 5.73 Å². The number of urea groups is 1. The van der Waals surface area contributed by atoms with Crippen LogP contribution < -0.4 is 21.9 Å². The fourth-order valence-electron chi connectivity index (χ4n) is 1.04. The Bertz CT molecular complexity index is 228. The number of carbonyl (C=O) groups is 2. The molecule has 0 aromatic heterocycles. The molecule has 1 radical (unpaired) electrons. The number of hydrogen-bond donors (Lipinski definition) is 3. The third kappa shape index (κ3) is 1.10. The molecule has 1 rings (SSSR count). The molecular weight excluding hydrogens is 160 g/mol. The monoisotopic (exact) mass is 171 g/mol. The summed E-state index contributed by atoms with van der Waals surface area (Å²) >= 11 is 0. The van der Waals surface area contributed by atoms with Crippen LogP contribution in [0.3, 0.4) is 0 Å². The van der Waals surface area contributed by atoms with Crippen LogP contribution in [-0.4, -0.2) is 17.6 Å². The van der Waals surface area contributed by atoms with Gasteiger partial charge in [-0.25, -0.2) is 4.79 Å². The van der Waals surface area contributed by atoms with Crippen LogP contribution in [0.15, 0.2) is 0 Å². The molecule has 1 aliphatic rings. The van der Waals surface area contributed by atoms with Gasteiger partial charge in [0.2, 0.25) is 5.66 Å². The zero-order valence-corrected chi connectivity index (χ0v) is 6.92. The van der Waals surface area contributed by atoms with Crippen molar-refractivity contribution in [2.45, 2.75) is 19.5 Å². The first-order valence-corrected chi connectivity index (χ1v) is 3.59. The average molecular weight is 171 g/mol. The molecule has 0 spiro atoms. The molecule has 6 heteroatoms. The van der Waals surface area contributed by atoms with E-state index >= 15 is 0 Å². The number of carbonyl (C=O) groups excluding carboxylic acids is 2. The van der Waals surface area contributed by atoms with Crippen molar-refractivity contribution in [2.24, 2.45) is 11.7 Å². The van der Waals surface area contributed by atoms with Crippen LogP contribution in [0.4, 0.5) is 4.79 Å². The lowest BCUT2D eigenvalue weighted by Crippen LogP contribution is -2.61. The van der Waals surface area contributed by atoms with Crippen LogP contribution in [0, 0.1) is 5.92 Å². The first kappa shape index (κ1) is 8.79. The lowest BCUT2D eigenvalue weighted by Gasteiger charge is -2.25. The van der Waals surface area contributed by atoms with Gasteiger partial charge >= 0.3 is 6.03 Å². The van der Waals surface area contributed by atoms with Gasteiger partial charge in [-0.05, 0) is 0 Å². The summed E-state index contributed by atoms with van der Waals surface area (Å²) in [7, 11) is 0. The van der Waals surface area contributed by atoms with E-state index in [2.05, 4.69) is 16.2 Å². The second-order valence-corrected chi connectivity index (χ2v) is 2.95. The van der Waals surface area contributed by atoms with Crippen LogP contribution in [0.5, 0.6) is 0 Å². The maximum absolute atomic E-state index is 11.0. The molecule has 67 valence electrons. The highest BCUT2D eigenvalue weighted by atomic mass is 16.2. The van der Waals surface area contributed by atoms with Crippen LogP contribution >= 0.6 is 0 Å². The Morgan fingerprint density at radius 2 is 2.25 bits per heavy atom. The molecule has 4 N–H and O–H groups in total. The number of nitrogens with two attached hydrogens (primary N) is 1. The summed E-state index contributed by atoms with van der Waals surface area (Å²) in [5, 5.41) is 3.58. The van der Waals surface area contributed by atoms with Crippen LogP contribution in [-0.2, 0) is 4.79 Å². The van der Waals surface area contributed by atoms with Crippen molar-refractivity contribution in [2.75, 3.05) is 0 Å². The molecule has 1 saturated heterocycles. The summed E-state index contributed by atoms with van der Waals surface area (Å²) in [6.07, 6.45) is 0. The minimum absolute atomic E-state index is 0.172. The molecule has 3 amide bonds. The summed E-state index contributed by atoms with van der Waals surface area (Å²) in [6, 6.07) is -0.567. The predicted octanol–water partition coefficient (Wildman–Crippen LogP) is -1.34. The third-order valence-corrected chi connectivity index (χ3v) is 1.85. The Hall–Kier alpha value is -1.30. The van der Waals surface area contributed by atoms with E-state index < -0.39 is 17.6 Å². The molecule has 1 fully saturated rings. The Kier molecular flexibility index (Phi) is 1.93. The summed E-state index contributed by atoms with van der Waals surface area (Å²) in [5.74, 6) is -0.829. The number of primary amides is 1. The first-order chi connectivity index (χ1) is 5.49. The van der Waals surface area contributed by atoms with Gasteiger partial charge in [-0.2, -0.15) is 10.7 Å². The number of amides is 3. The highest BCUT2D eigenvalue weighted by Gasteiger charge is 2.47. The summed E-state index contributed by atoms with van der Waals surface area (Å²) in [6.45, 7) is 3.50. The van der Waals surface area contributed by atoms with Gasteiger partial charge in [-0.3, -0.25) is 10.2 Å². The highest BCUT2D eigenvalue weighted by Crippen LogP contribution is 2.16.